The second-order valence-corrected chi connectivity index (χ2v) is 6.45. The lowest BCUT2D eigenvalue weighted by Crippen LogP contribution is -2.18. The average Bonchev–Trinajstić information content (AvgIpc) is 3.21. The number of non-ortho nitro benzene ring substituents is 1. The zero-order valence-corrected chi connectivity index (χ0v) is 16.6. The Kier molecular flexibility index (Phi) is 6.32. The molecule has 0 saturated heterocycles. The number of carboxylic acids is 1. The summed E-state index contributed by atoms with van der Waals surface area (Å²) in [7, 11) is 1.33. The van der Waals surface area contributed by atoms with Crippen LogP contribution in [-0.2, 0) is 0 Å². The van der Waals surface area contributed by atoms with Gasteiger partial charge in [-0.25, -0.2) is 10.2 Å². The lowest BCUT2D eigenvalue weighted by atomic mass is 10.1. The van der Waals surface area contributed by atoms with Gasteiger partial charge in [0.2, 0.25) is 0 Å². The quantitative estimate of drug-likeness (QED) is 0.319. The van der Waals surface area contributed by atoms with Gasteiger partial charge >= 0.3 is 5.97 Å². The second kappa shape index (κ2) is 9.09. The van der Waals surface area contributed by atoms with Crippen LogP contribution in [0.25, 0.3) is 11.3 Å². The van der Waals surface area contributed by atoms with E-state index in [4.69, 9.17) is 25.9 Å². The lowest BCUT2D eigenvalue weighted by molar-refractivity contribution is -0.384. The van der Waals surface area contributed by atoms with E-state index in [1.54, 1.807) is 18.2 Å². The molecular formula is C20H14ClN3O7. The average molecular weight is 444 g/mol. The molecule has 0 fully saturated rings. The molecule has 3 rings (SSSR count). The highest BCUT2D eigenvalue weighted by Gasteiger charge is 2.17. The molecule has 0 aliphatic rings. The number of hydrazone groups is 1. The Morgan fingerprint density at radius 3 is 2.61 bits per heavy atom. The van der Waals surface area contributed by atoms with Gasteiger partial charge in [0.05, 0.1) is 34.4 Å². The summed E-state index contributed by atoms with van der Waals surface area (Å²) in [6.45, 7) is 0. The van der Waals surface area contributed by atoms with Crippen LogP contribution in [0.15, 0.2) is 58.0 Å². The van der Waals surface area contributed by atoms with E-state index in [-0.39, 0.29) is 27.6 Å². The van der Waals surface area contributed by atoms with Crippen molar-refractivity contribution in [1.29, 1.82) is 0 Å². The molecule has 2 aromatic carbocycles. The van der Waals surface area contributed by atoms with Crippen molar-refractivity contribution in [1.82, 2.24) is 5.43 Å². The Morgan fingerprint density at radius 1 is 1.19 bits per heavy atom. The van der Waals surface area contributed by atoms with Gasteiger partial charge in [-0.05, 0) is 30.3 Å². The normalized spacial score (nSPS) is 10.8. The first kappa shape index (κ1) is 21.5. The third-order valence-corrected chi connectivity index (χ3v) is 4.42. The molecule has 0 aliphatic carbocycles. The van der Waals surface area contributed by atoms with Crippen molar-refractivity contribution in [2.24, 2.45) is 5.10 Å². The largest absolute Gasteiger partial charge is 0.496 e. The van der Waals surface area contributed by atoms with E-state index in [0.29, 0.717) is 17.1 Å². The van der Waals surface area contributed by atoms with Gasteiger partial charge in [-0.2, -0.15) is 5.10 Å². The predicted molar refractivity (Wildman–Crippen MR) is 111 cm³/mol. The van der Waals surface area contributed by atoms with E-state index in [0.717, 1.165) is 6.07 Å². The molecule has 0 spiro atoms. The summed E-state index contributed by atoms with van der Waals surface area (Å²) in [4.78, 5) is 33.7. The molecule has 1 heterocycles. The number of amides is 1. The summed E-state index contributed by atoms with van der Waals surface area (Å²) >= 11 is 5.96. The van der Waals surface area contributed by atoms with Crippen molar-refractivity contribution < 1.29 is 28.8 Å². The number of nitro groups is 1. The van der Waals surface area contributed by atoms with Gasteiger partial charge in [-0.15, -0.1) is 0 Å². The van der Waals surface area contributed by atoms with E-state index in [2.05, 4.69) is 10.5 Å². The van der Waals surface area contributed by atoms with Crippen molar-refractivity contribution >= 4 is 35.4 Å². The highest BCUT2D eigenvalue weighted by atomic mass is 35.5. The molecule has 0 aliphatic heterocycles. The Hall–Kier alpha value is -4.18. The van der Waals surface area contributed by atoms with Gasteiger partial charge < -0.3 is 14.3 Å². The van der Waals surface area contributed by atoms with Gasteiger partial charge in [0, 0.05) is 17.7 Å². The van der Waals surface area contributed by atoms with Crippen LogP contribution in [0.5, 0.6) is 5.75 Å². The molecular weight excluding hydrogens is 430 g/mol. The Morgan fingerprint density at radius 2 is 1.97 bits per heavy atom. The van der Waals surface area contributed by atoms with E-state index < -0.39 is 16.8 Å². The van der Waals surface area contributed by atoms with Gasteiger partial charge in [-0.1, -0.05) is 17.7 Å². The molecule has 0 unspecified atom stereocenters. The summed E-state index contributed by atoms with van der Waals surface area (Å²) in [5.41, 5.74) is 2.45. The number of nitrogens with zero attached hydrogens (tertiary/aromatic N) is 2. The minimum atomic E-state index is -1.14. The van der Waals surface area contributed by atoms with E-state index in [1.807, 2.05) is 0 Å². The molecule has 1 amide bonds. The third kappa shape index (κ3) is 4.87. The maximum atomic E-state index is 12.3. The fraction of sp³-hybridized carbons (Fsp3) is 0.0500. The first-order valence-corrected chi connectivity index (χ1v) is 8.97. The summed E-state index contributed by atoms with van der Waals surface area (Å²) in [6, 6.07) is 11.2. The number of methoxy groups -OCH3 is 1. The molecule has 0 saturated carbocycles. The number of nitrogens with one attached hydrogen (secondary N) is 1. The van der Waals surface area contributed by atoms with Crippen molar-refractivity contribution in [3.8, 4) is 17.1 Å². The minimum absolute atomic E-state index is 0.0296. The SMILES string of the molecule is COc1ccc([N+](=O)[O-])cc1C(=O)N/N=C\c1ccc(-c2ccc(C(=O)O)c(Cl)c2)o1. The molecule has 0 bridgehead atoms. The van der Waals surface area contributed by atoms with Gasteiger partial charge in [0.15, 0.2) is 0 Å². The van der Waals surface area contributed by atoms with Gasteiger partial charge in [0.1, 0.15) is 17.3 Å². The van der Waals surface area contributed by atoms with E-state index >= 15 is 0 Å². The van der Waals surface area contributed by atoms with Crippen molar-refractivity contribution in [3.63, 3.8) is 0 Å². The molecule has 158 valence electrons. The summed E-state index contributed by atoms with van der Waals surface area (Å²) in [5, 5.41) is 23.8. The van der Waals surface area contributed by atoms with Gasteiger partial charge in [0.25, 0.3) is 11.6 Å². The van der Waals surface area contributed by atoms with Crippen molar-refractivity contribution in [3.05, 3.63) is 80.6 Å². The molecule has 2 N–H and O–H groups in total. The molecule has 0 radical (unpaired) electrons. The number of furan rings is 1. The molecule has 0 atom stereocenters. The van der Waals surface area contributed by atoms with E-state index in [9.17, 15) is 19.7 Å². The smallest absolute Gasteiger partial charge is 0.337 e. The molecule has 31 heavy (non-hydrogen) atoms. The molecule has 1 aromatic heterocycles. The molecule has 3 aromatic rings. The monoisotopic (exact) mass is 443 g/mol. The van der Waals surface area contributed by atoms with Gasteiger partial charge in [-0.3, -0.25) is 14.9 Å². The van der Waals surface area contributed by atoms with Crippen LogP contribution in [0.2, 0.25) is 5.02 Å². The first-order chi connectivity index (χ1) is 14.8. The predicted octanol–water partition coefficient (Wildman–Crippen LogP) is 3.98. The number of carbonyl (C=O) groups excluding carboxylic acids is 1. The number of carboxylic acid groups (broad SMARTS) is 1. The number of nitro benzene ring substituents is 1. The second-order valence-electron chi connectivity index (χ2n) is 6.04. The topological polar surface area (TPSA) is 144 Å². The fourth-order valence-electron chi connectivity index (χ4n) is 2.62. The standard InChI is InChI=1S/C20H14ClN3O7/c1-30-18-6-3-12(24(28)29)9-15(18)19(25)23-22-10-13-4-7-17(31-13)11-2-5-14(20(26)27)16(21)8-11/h2-10H,1H3,(H,23,25)(H,26,27)/b22-10-. The number of hydrogen-bond acceptors (Lipinski definition) is 7. The van der Waals surface area contributed by atoms with Crippen LogP contribution < -0.4 is 10.2 Å². The number of rotatable bonds is 7. The Balaban J connectivity index is 1.73. The summed E-state index contributed by atoms with van der Waals surface area (Å²) in [6.07, 6.45) is 1.23. The first-order valence-electron chi connectivity index (χ1n) is 8.59. The highest BCUT2D eigenvalue weighted by Crippen LogP contribution is 2.27. The minimum Gasteiger partial charge on any atom is -0.496 e. The maximum Gasteiger partial charge on any atom is 0.337 e. The van der Waals surface area contributed by atoms with Crippen LogP contribution in [0, 0.1) is 10.1 Å². The van der Waals surface area contributed by atoms with Crippen LogP contribution in [0.3, 0.4) is 0 Å². The van der Waals surface area contributed by atoms with Crippen molar-refractivity contribution in [2.75, 3.05) is 7.11 Å². The number of halogens is 1. The number of benzene rings is 2. The number of ether oxygens (including phenoxy) is 1. The number of carbonyl (C=O) groups is 2. The summed E-state index contributed by atoms with van der Waals surface area (Å²) in [5.74, 6) is -0.994. The van der Waals surface area contributed by atoms with Crippen LogP contribution >= 0.6 is 11.6 Å². The number of aromatic carboxylic acids is 1. The van der Waals surface area contributed by atoms with Crippen LogP contribution in [0.1, 0.15) is 26.5 Å². The van der Waals surface area contributed by atoms with E-state index in [1.165, 1.54) is 37.6 Å². The highest BCUT2D eigenvalue weighted by molar-refractivity contribution is 6.33. The summed E-state index contributed by atoms with van der Waals surface area (Å²) < 4.78 is 10.6. The maximum absolute atomic E-state index is 12.3. The third-order valence-electron chi connectivity index (χ3n) is 4.11. The number of hydrogen-bond donors (Lipinski definition) is 2. The Bertz CT molecular complexity index is 1200. The fourth-order valence-corrected chi connectivity index (χ4v) is 2.88. The molecule has 11 heteroatoms. The van der Waals surface area contributed by atoms with Crippen LogP contribution in [0.4, 0.5) is 5.69 Å². The lowest BCUT2D eigenvalue weighted by Gasteiger charge is -2.06. The zero-order chi connectivity index (χ0) is 22.5. The molecule has 10 nitrogen and oxygen atoms in total. The van der Waals surface area contributed by atoms with Crippen molar-refractivity contribution in [2.45, 2.75) is 0 Å². The Labute approximate surface area is 179 Å². The van der Waals surface area contributed by atoms with Crippen LogP contribution in [-0.4, -0.2) is 35.2 Å². The zero-order valence-electron chi connectivity index (χ0n) is 15.9.